The number of carboxylic acid groups (broad SMARTS) is 1. The number of aryl methyl sites for hydroxylation is 1. The summed E-state index contributed by atoms with van der Waals surface area (Å²) in [4.78, 5) is 34.1. The number of hydrogen-bond donors (Lipinski definition) is 1. The number of aliphatic carboxylic acids is 1. The van der Waals surface area contributed by atoms with Crippen molar-refractivity contribution in [2.45, 2.75) is 33.2 Å². The first-order chi connectivity index (χ1) is 9.83. The van der Waals surface area contributed by atoms with Gasteiger partial charge >= 0.3 is 5.97 Å². The van der Waals surface area contributed by atoms with Gasteiger partial charge in [-0.2, -0.15) is 0 Å². The SMILES string of the molecule is CCC(C)C(C(=O)O)N(C=O)c1ccc([N+](=O)[O-])c(C)c1. The maximum absolute atomic E-state index is 11.4. The summed E-state index contributed by atoms with van der Waals surface area (Å²) in [5.41, 5.74) is 0.637. The zero-order valence-corrected chi connectivity index (χ0v) is 12.1. The molecule has 1 aromatic carbocycles. The second kappa shape index (κ2) is 6.83. The van der Waals surface area contributed by atoms with Crippen LogP contribution in [-0.4, -0.2) is 28.5 Å². The van der Waals surface area contributed by atoms with Gasteiger partial charge in [0, 0.05) is 17.3 Å². The van der Waals surface area contributed by atoms with Crippen LogP contribution in [-0.2, 0) is 9.59 Å². The van der Waals surface area contributed by atoms with Crippen molar-refractivity contribution >= 4 is 23.8 Å². The summed E-state index contributed by atoms with van der Waals surface area (Å²) >= 11 is 0. The zero-order valence-electron chi connectivity index (χ0n) is 12.1. The monoisotopic (exact) mass is 294 g/mol. The Morgan fingerprint density at radius 3 is 2.52 bits per heavy atom. The normalized spacial score (nSPS) is 13.3. The second-order valence-corrected chi connectivity index (χ2v) is 4.91. The van der Waals surface area contributed by atoms with E-state index in [0.29, 0.717) is 24.1 Å². The van der Waals surface area contributed by atoms with E-state index in [1.54, 1.807) is 13.8 Å². The third kappa shape index (κ3) is 3.56. The van der Waals surface area contributed by atoms with Gasteiger partial charge in [0.25, 0.3) is 5.69 Å². The smallest absolute Gasteiger partial charge is 0.327 e. The molecule has 0 saturated carbocycles. The Labute approximate surface area is 122 Å². The lowest BCUT2D eigenvalue weighted by Crippen LogP contribution is -2.45. The summed E-state index contributed by atoms with van der Waals surface area (Å²) in [5.74, 6) is -1.35. The predicted molar refractivity (Wildman–Crippen MR) is 77.3 cm³/mol. The molecule has 0 aliphatic rings. The molecule has 1 N–H and O–H groups in total. The molecule has 0 aromatic heterocycles. The van der Waals surface area contributed by atoms with E-state index in [4.69, 9.17) is 0 Å². The molecule has 0 spiro atoms. The Morgan fingerprint density at radius 2 is 2.14 bits per heavy atom. The lowest BCUT2D eigenvalue weighted by Gasteiger charge is -2.29. The first-order valence-electron chi connectivity index (χ1n) is 6.54. The van der Waals surface area contributed by atoms with E-state index in [2.05, 4.69) is 0 Å². The number of carboxylic acids is 1. The molecule has 7 heteroatoms. The molecule has 114 valence electrons. The minimum absolute atomic E-state index is 0.0694. The van der Waals surface area contributed by atoms with Crippen LogP contribution in [0.3, 0.4) is 0 Å². The molecule has 1 amide bonds. The Morgan fingerprint density at radius 1 is 1.52 bits per heavy atom. The highest BCUT2D eigenvalue weighted by Gasteiger charge is 2.31. The van der Waals surface area contributed by atoms with Gasteiger partial charge in [-0.1, -0.05) is 20.3 Å². The van der Waals surface area contributed by atoms with Crippen LogP contribution in [0.1, 0.15) is 25.8 Å². The second-order valence-electron chi connectivity index (χ2n) is 4.91. The van der Waals surface area contributed by atoms with Crippen LogP contribution >= 0.6 is 0 Å². The Hall–Kier alpha value is -2.44. The Bertz CT molecular complexity index is 558. The summed E-state index contributed by atoms with van der Waals surface area (Å²) in [6, 6.07) is 3.10. The van der Waals surface area contributed by atoms with Crippen molar-refractivity contribution < 1.29 is 19.6 Å². The number of benzene rings is 1. The summed E-state index contributed by atoms with van der Waals surface area (Å²) in [6.07, 6.45) is 1.04. The first-order valence-corrected chi connectivity index (χ1v) is 6.54. The van der Waals surface area contributed by atoms with Crippen molar-refractivity contribution in [3.05, 3.63) is 33.9 Å². The van der Waals surface area contributed by atoms with E-state index in [1.165, 1.54) is 18.2 Å². The number of hydrogen-bond acceptors (Lipinski definition) is 4. The Kier molecular flexibility index (Phi) is 5.40. The largest absolute Gasteiger partial charge is 0.480 e. The summed E-state index contributed by atoms with van der Waals surface area (Å²) in [7, 11) is 0. The highest BCUT2D eigenvalue weighted by molar-refractivity contribution is 5.88. The molecule has 0 aliphatic carbocycles. The molecule has 0 heterocycles. The average molecular weight is 294 g/mol. The minimum Gasteiger partial charge on any atom is -0.480 e. The lowest BCUT2D eigenvalue weighted by atomic mass is 9.97. The summed E-state index contributed by atoms with van der Waals surface area (Å²) < 4.78 is 0. The lowest BCUT2D eigenvalue weighted by molar-refractivity contribution is -0.385. The van der Waals surface area contributed by atoms with Gasteiger partial charge in [-0.3, -0.25) is 14.9 Å². The first kappa shape index (κ1) is 16.6. The van der Waals surface area contributed by atoms with E-state index in [-0.39, 0.29) is 11.6 Å². The molecule has 0 bridgehead atoms. The van der Waals surface area contributed by atoms with E-state index >= 15 is 0 Å². The maximum Gasteiger partial charge on any atom is 0.327 e. The van der Waals surface area contributed by atoms with Crippen molar-refractivity contribution in [1.29, 1.82) is 0 Å². The molecule has 0 aliphatic heterocycles. The number of anilines is 1. The van der Waals surface area contributed by atoms with Crippen LogP contribution in [0.4, 0.5) is 11.4 Å². The minimum atomic E-state index is -1.10. The van der Waals surface area contributed by atoms with Crippen LogP contribution in [0, 0.1) is 23.0 Å². The molecular weight excluding hydrogens is 276 g/mol. The topological polar surface area (TPSA) is 101 Å². The third-order valence-corrected chi connectivity index (χ3v) is 3.52. The molecular formula is C14H18N2O5. The van der Waals surface area contributed by atoms with Crippen molar-refractivity contribution in [3.63, 3.8) is 0 Å². The molecule has 2 unspecified atom stereocenters. The van der Waals surface area contributed by atoms with Crippen molar-refractivity contribution in [2.75, 3.05) is 4.90 Å². The van der Waals surface area contributed by atoms with Crippen molar-refractivity contribution in [3.8, 4) is 0 Å². The van der Waals surface area contributed by atoms with Crippen LogP contribution < -0.4 is 4.90 Å². The number of nitro benzene ring substituents is 1. The Balaban J connectivity index is 3.26. The van der Waals surface area contributed by atoms with E-state index in [1.807, 2.05) is 6.92 Å². The highest BCUT2D eigenvalue weighted by Crippen LogP contribution is 2.27. The molecule has 0 saturated heterocycles. The highest BCUT2D eigenvalue weighted by atomic mass is 16.6. The van der Waals surface area contributed by atoms with Gasteiger partial charge in [0.15, 0.2) is 0 Å². The van der Waals surface area contributed by atoms with E-state index in [9.17, 15) is 24.8 Å². The fourth-order valence-electron chi connectivity index (χ4n) is 2.15. The number of nitro groups is 1. The number of carbonyl (C=O) groups is 2. The number of nitrogens with zero attached hydrogens (tertiary/aromatic N) is 2. The van der Waals surface area contributed by atoms with Gasteiger partial charge in [0.05, 0.1) is 4.92 Å². The van der Waals surface area contributed by atoms with Gasteiger partial charge < -0.3 is 10.0 Å². The third-order valence-electron chi connectivity index (χ3n) is 3.52. The van der Waals surface area contributed by atoms with Gasteiger partial charge in [0.2, 0.25) is 6.41 Å². The molecule has 7 nitrogen and oxygen atoms in total. The fraction of sp³-hybridized carbons (Fsp3) is 0.429. The quantitative estimate of drug-likeness (QED) is 0.472. The predicted octanol–water partition coefficient (Wildman–Crippen LogP) is 2.37. The van der Waals surface area contributed by atoms with E-state index < -0.39 is 16.9 Å². The summed E-state index contributed by atoms with van der Waals surface area (Å²) in [5, 5.41) is 20.1. The van der Waals surface area contributed by atoms with Gasteiger partial charge in [-0.25, -0.2) is 4.79 Å². The van der Waals surface area contributed by atoms with Crippen LogP contribution in [0.2, 0.25) is 0 Å². The molecule has 2 atom stereocenters. The van der Waals surface area contributed by atoms with Gasteiger partial charge in [0.1, 0.15) is 6.04 Å². The zero-order chi connectivity index (χ0) is 16.2. The number of amides is 1. The maximum atomic E-state index is 11.4. The van der Waals surface area contributed by atoms with Gasteiger partial charge in [-0.05, 0) is 25.0 Å². The van der Waals surface area contributed by atoms with Crippen molar-refractivity contribution in [1.82, 2.24) is 0 Å². The van der Waals surface area contributed by atoms with Gasteiger partial charge in [-0.15, -0.1) is 0 Å². The average Bonchev–Trinajstić information content (AvgIpc) is 2.42. The molecule has 0 fully saturated rings. The van der Waals surface area contributed by atoms with Crippen LogP contribution in [0.5, 0.6) is 0 Å². The van der Waals surface area contributed by atoms with Crippen LogP contribution in [0.15, 0.2) is 18.2 Å². The van der Waals surface area contributed by atoms with Crippen molar-refractivity contribution in [2.24, 2.45) is 5.92 Å². The molecule has 1 rings (SSSR count). The number of carbonyl (C=O) groups excluding carboxylic acids is 1. The molecule has 1 aromatic rings. The number of rotatable bonds is 7. The molecule has 21 heavy (non-hydrogen) atoms. The molecule has 0 radical (unpaired) electrons. The standard InChI is InChI=1S/C14H18N2O5/c1-4-9(2)13(14(18)19)15(8-17)11-5-6-12(16(20)21)10(3)7-11/h5-9,13H,4H2,1-3H3,(H,18,19). The van der Waals surface area contributed by atoms with E-state index in [0.717, 1.165) is 4.90 Å². The fourth-order valence-corrected chi connectivity index (χ4v) is 2.15. The summed E-state index contributed by atoms with van der Waals surface area (Å²) in [6.45, 7) is 5.13. The van der Waals surface area contributed by atoms with Crippen LogP contribution in [0.25, 0.3) is 0 Å².